The Morgan fingerprint density at radius 1 is 1.15 bits per heavy atom. The number of aryl methyl sites for hydroxylation is 2. The highest BCUT2D eigenvalue weighted by Crippen LogP contribution is 2.20. The molecule has 0 aliphatic heterocycles. The monoisotopic (exact) mass is 372 g/mol. The Kier molecular flexibility index (Phi) is 5.53. The maximum absolute atomic E-state index is 11.8. The van der Waals surface area contributed by atoms with Gasteiger partial charge in [0.2, 0.25) is 5.82 Å². The van der Waals surface area contributed by atoms with Crippen LogP contribution in [0.2, 0.25) is 5.02 Å². The molecule has 0 amide bonds. The molecule has 0 aliphatic rings. The number of benzene rings is 2. The Morgan fingerprint density at radius 3 is 2.65 bits per heavy atom. The summed E-state index contributed by atoms with van der Waals surface area (Å²) in [6.45, 7) is 3.61. The molecule has 0 aliphatic carbocycles. The summed E-state index contributed by atoms with van der Waals surface area (Å²) in [5, 5.41) is 4.42. The Labute approximate surface area is 155 Å². The largest absolute Gasteiger partial charge is 0.482 e. The van der Waals surface area contributed by atoms with E-state index in [2.05, 4.69) is 10.1 Å². The van der Waals surface area contributed by atoms with E-state index in [0.717, 1.165) is 16.7 Å². The smallest absolute Gasteiger partial charge is 0.344 e. The predicted octanol–water partition coefficient (Wildman–Crippen LogP) is 4.13. The minimum absolute atomic E-state index is 0.122. The van der Waals surface area contributed by atoms with Crippen molar-refractivity contribution in [3.8, 4) is 17.1 Å². The lowest BCUT2D eigenvalue weighted by atomic mass is 10.1. The van der Waals surface area contributed by atoms with Gasteiger partial charge in [-0.05, 0) is 49.2 Å². The third-order valence-electron chi connectivity index (χ3n) is 3.46. The molecule has 0 spiro atoms. The maximum Gasteiger partial charge on any atom is 0.344 e. The molecule has 1 aromatic heterocycles. The van der Waals surface area contributed by atoms with Gasteiger partial charge in [0.15, 0.2) is 13.2 Å². The van der Waals surface area contributed by atoms with Gasteiger partial charge >= 0.3 is 5.97 Å². The summed E-state index contributed by atoms with van der Waals surface area (Å²) in [6, 6.07) is 12.8. The fourth-order valence-electron chi connectivity index (χ4n) is 2.40. The fourth-order valence-corrected chi connectivity index (χ4v) is 2.59. The van der Waals surface area contributed by atoms with Gasteiger partial charge < -0.3 is 14.0 Å². The number of carbonyl (C=O) groups is 1. The first-order valence-corrected chi connectivity index (χ1v) is 8.32. The van der Waals surface area contributed by atoms with Crippen LogP contribution in [0.1, 0.15) is 17.0 Å². The van der Waals surface area contributed by atoms with Gasteiger partial charge in [0, 0.05) is 10.6 Å². The Bertz CT molecular complexity index is 903. The topological polar surface area (TPSA) is 74.5 Å². The van der Waals surface area contributed by atoms with E-state index >= 15 is 0 Å². The molecule has 26 heavy (non-hydrogen) atoms. The molecule has 134 valence electrons. The van der Waals surface area contributed by atoms with E-state index in [1.165, 1.54) is 0 Å². The summed E-state index contributed by atoms with van der Waals surface area (Å²) in [6.07, 6.45) is 0. The van der Waals surface area contributed by atoms with Crippen LogP contribution < -0.4 is 4.74 Å². The SMILES string of the molecule is Cc1cc(C)cc(OCC(=O)OCc2nc(-c3cccc(Cl)c3)no2)c1. The van der Waals surface area contributed by atoms with Gasteiger partial charge in [-0.3, -0.25) is 0 Å². The predicted molar refractivity (Wildman–Crippen MR) is 96.0 cm³/mol. The minimum atomic E-state index is -0.522. The van der Waals surface area contributed by atoms with Crippen LogP contribution >= 0.6 is 11.6 Å². The van der Waals surface area contributed by atoms with E-state index < -0.39 is 5.97 Å². The quantitative estimate of drug-likeness (QED) is 0.606. The summed E-state index contributed by atoms with van der Waals surface area (Å²) >= 11 is 5.94. The van der Waals surface area contributed by atoms with E-state index in [-0.39, 0.29) is 19.1 Å². The average Bonchev–Trinajstić information content (AvgIpc) is 3.06. The number of hydrogen-bond acceptors (Lipinski definition) is 6. The number of halogens is 1. The number of rotatable bonds is 6. The molecule has 6 nitrogen and oxygen atoms in total. The van der Waals surface area contributed by atoms with Crippen molar-refractivity contribution >= 4 is 17.6 Å². The number of esters is 1. The Morgan fingerprint density at radius 2 is 1.92 bits per heavy atom. The van der Waals surface area contributed by atoms with E-state index in [4.69, 9.17) is 25.6 Å². The molecule has 0 radical (unpaired) electrons. The van der Waals surface area contributed by atoms with Gasteiger partial charge in [0.1, 0.15) is 5.75 Å². The van der Waals surface area contributed by atoms with Crippen molar-refractivity contribution in [2.75, 3.05) is 6.61 Å². The van der Waals surface area contributed by atoms with Gasteiger partial charge in [-0.25, -0.2) is 4.79 Å². The number of ether oxygens (including phenoxy) is 2. The van der Waals surface area contributed by atoms with Crippen LogP contribution in [-0.2, 0) is 16.1 Å². The molecule has 0 saturated carbocycles. The average molecular weight is 373 g/mol. The fraction of sp³-hybridized carbons (Fsp3) is 0.211. The van der Waals surface area contributed by atoms with Crippen molar-refractivity contribution in [2.45, 2.75) is 20.5 Å². The van der Waals surface area contributed by atoms with Crippen LogP contribution in [0.3, 0.4) is 0 Å². The molecule has 0 atom stereocenters. The normalized spacial score (nSPS) is 10.6. The van der Waals surface area contributed by atoms with Crippen LogP contribution in [0.15, 0.2) is 47.0 Å². The number of aromatic nitrogens is 2. The molecule has 0 N–H and O–H groups in total. The first-order valence-electron chi connectivity index (χ1n) is 7.95. The van der Waals surface area contributed by atoms with Crippen molar-refractivity contribution in [3.05, 3.63) is 64.5 Å². The third kappa shape index (κ3) is 4.83. The maximum atomic E-state index is 11.8. The van der Waals surface area contributed by atoms with Crippen LogP contribution in [0.4, 0.5) is 0 Å². The van der Waals surface area contributed by atoms with Gasteiger partial charge in [-0.1, -0.05) is 35.0 Å². The van der Waals surface area contributed by atoms with Gasteiger partial charge in [0.05, 0.1) is 0 Å². The van der Waals surface area contributed by atoms with Crippen molar-refractivity contribution in [3.63, 3.8) is 0 Å². The van der Waals surface area contributed by atoms with E-state index in [1.807, 2.05) is 38.1 Å². The molecule has 7 heteroatoms. The number of hydrogen-bond donors (Lipinski definition) is 0. The van der Waals surface area contributed by atoms with Crippen molar-refractivity contribution < 1.29 is 18.8 Å². The lowest BCUT2D eigenvalue weighted by Crippen LogP contribution is -2.15. The second kappa shape index (κ2) is 8.01. The molecule has 0 bridgehead atoms. The lowest BCUT2D eigenvalue weighted by Gasteiger charge is -2.07. The molecule has 3 rings (SSSR count). The highest BCUT2D eigenvalue weighted by molar-refractivity contribution is 6.30. The zero-order valence-corrected chi connectivity index (χ0v) is 15.1. The summed E-state index contributed by atoms with van der Waals surface area (Å²) in [5.41, 5.74) is 2.84. The minimum Gasteiger partial charge on any atom is -0.482 e. The molecule has 0 saturated heterocycles. The zero-order valence-electron chi connectivity index (χ0n) is 14.4. The van der Waals surface area contributed by atoms with Crippen LogP contribution in [0.5, 0.6) is 5.75 Å². The molecule has 0 fully saturated rings. The summed E-state index contributed by atoms with van der Waals surface area (Å²) in [7, 11) is 0. The third-order valence-corrected chi connectivity index (χ3v) is 3.69. The van der Waals surface area contributed by atoms with E-state index in [0.29, 0.717) is 16.6 Å². The Balaban J connectivity index is 1.52. The van der Waals surface area contributed by atoms with Crippen LogP contribution in [0, 0.1) is 13.8 Å². The molecular weight excluding hydrogens is 356 g/mol. The zero-order chi connectivity index (χ0) is 18.5. The van der Waals surface area contributed by atoms with Gasteiger partial charge in [-0.2, -0.15) is 4.98 Å². The second-order valence-corrected chi connectivity index (χ2v) is 6.23. The first kappa shape index (κ1) is 17.9. The molecule has 1 heterocycles. The first-order chi connectivity index (χ1) is 12.5. The van der Waals surface area contributed by atoms with Crippen LogP contribution in [-0.4, -0.2) is 22.7 Å². The Hall–Kier alpha value is -2.86. The molecular formula is C19H17ClN2O4. The van der Waals surface area contributed by atoms with Crippen molar-refractivity contribution in [2.24, 2.45) is 0 Å². The molecule has 0 unspecified atom stereocenters. The van der Waals surface area contributed by atoms with Crippen LogP contribution in [0.25, 0.3) is 11.4 Å². The number of nitrogens with zero attached hydrogens (tertiary/aromatic N) is 2. The lowest BCUT2D eigenvalue weighted by molar-refractivity contribution is -0.148. The van der Waals surface area contributed by atoms with E-state index in [1.54, 1.807) is 18.2 Å². The summed E-state index contributed by atoms with van der Waals surface area (Å²) < 4.78 is 15.6. The van der Waals surface area contributed by atoms with E-state index in [9.17, 15) is 4.79 Å². The highest BCUT2D eigenvalue weighted by atomic mass is 35.5. The highest BCUT2D eigenvalue weighted by Gasteiger charge is 2.12. The van der Waals surface area contributed by atoms with Gasteiger partial charge in [0.25, 0.3) is 5.89 Å². The van der Waals surface area contributed by atoms with Crippen molar-refractivity contribution in [1.82, 2.24) is 10.1 Å². The van der Waals surface area contributed by atoms with Gasteiger partial charge in [-0.15, -0.1) is 0 Å². The second-order valence-electron chi connectivity index (χ2n) is 5.79. The standard InChI is InChI=1S/C19H17ClN2O4/c1-12-6-13(2)8-16(7-12)24-11-18(23)25-10-17-21-19(22-26-17)14-4-3-5-15(20)9-14/h3-9H,10-11H2,1-2H3. The molecule has 3 aromatic rings. The molecule has 2 aromatic carbocycles. The summed E-state index contributed by atoms with van der Waals surface area (Å²) in [4.78, 5) is 16.0. The summed E-state index contributed by atoms with van der Waals surface area (Å²) in [5.74, 6) is 0.678. The van der Waals surface area contributed by atoms with Crippen molar-refractivity contribution in [1.29, 1.82) is 0 Å². The number of carbonyl (C=O) groups excluding carboxylic acids is 1.